The van der Waals surface area contributed by atoms with Crippen molar-refractivity contribution in [3.63, 3.8) is 0 Å². The van der Waals surface area contributed by atoms with Gasteiger partial charge in [0, 0.05) is 12.2 Å². The molecule has 2 unspecified atom stereocenters. The van der Waals surface area contributed by atoms with E-state index in [-0.39, 0.29) is 24.3 Å². The van der Waals surface area contributed by atoms with Gasteiger partial charge in [-0.1, -0.05) is 0 Å². The highest BCUT2D eigenvalue weighted by Gasteiger charge is 2.30. The van der Waals surface area contributed by atoms with Crippen LogP contribution in [-0.4, -0.2) is 53.1 Å². The van der Waals surface area contributed by atoms with E-state index in [0.717, 1.165) is 5.69 Å². The van der Waals surface area contributed by atoms with Gasteiger partial charge in [-0.25, -0.2) is 9.78 Å². The van der Waals surface area contributed by atoms with Gasteiger partial charge in [-0.15, -0.1) is 0 Å². The predicted octanol–water partition coefficient (Wildman–Crippen LogP) is 0.983. The third kappa shape index (κ3) is 2.76. The van der Waals surface area contributed by atoms with Crippen molar-refractivity contribution in [1.82, 2.24) is 4.98 Å². The fourth-order valence-electron chi connectivity index (χ4n) is 2.51. The standard InChI is InChI=1S/C14H20N2O4/c1-8-4-9(2)15-13(12(8)14(18)19)16-5-11(6-17)20-7-10(16)3/h4,10-11,17H,5-7H2,1-3H3,(H,18,19). The maximum absolute atomic E-state index is 11.5. The van der Waals surface area contributed by atoms with Crippen molar-refractivity contribution < 1.29 is 19.7 Å². The molecule has 1 aromatic rings. The van der Waals surface area contributed by atoms with Crippen LogP contribution < -0.4 is 4.90 Å². The van der Waals surface area contributed by atoms with Crippen molar-refractivity contribution in [3.8, 4) is 0 Å². The number of morpholine rings is 1. The number of aromatic carboxylic acids is 1. The first-order chi connectivity index (χ1) is 9.43. The van der Waals surface area contributed by atoms with Crippen LogP contribution in [0.25, 0.3) is 0 Å². The molecular weight excluding hydrogens is 260 g/mol. The molecule has 0 radical (unpaired) electrons. The molecule has 2 N–H and O–H groups in total. The van der Waals surface area contributed by atoms with Gasteiger partial charge >= 0.3 is 5.97 Å². The smallest absolute Gasteiger partial charge is 0.339 e. The zero-order valence-electron chi connectivity index (χ0n) is 12.0. The van der Waals surface area contributed by atoms with E-state index in [1.165, 1.54) is 0 Å². The lowest BCUT2D eigenvalue weighted by Gasteiger charge is -2.39. The molecule has 2 rings (SSSR count). The third-order valence-electron chi connectivity index (χ3n) is 3.52. The molecule has 0 saturated carbocycles. The average molecular weight is 280 g/mol. The summed E-state index contributed by atoms with van der Waals surface area (Å²) in [4.78, 5) is 17.8. The Morgan fingerprint density at radius 3 is 2.85 bits per heavy atom. The number of carboxylic acids is 1. The number of nitrogens with zero attached hydrogens (tertiary/aromatic N) is 2. The van der Waals surface area contributed by atoms with Crippen LogP contribution in [0.4, 0.5) is 5.82 Å². The second-order valence-electron chi connectivity index (χ2n) is 5.22. The maximum Gasteiger partial charge on any atom is 0.339 e. The highest BCUT2D eigenvalue weighted by Crippen LogP contribution is 2.27. The number of pyridine rings is 1. The van der Waals surface area contributed by atoms with Crippen molar-refractivity contribution in [2.45, 2.75) is 32.9 Å². The van der Waals surface area contributed by atoms with Gasteiger partial charge in [-0.3, -0.25) is 0 Å². The van der Waals surface area contributed by atoms with E-state index >= 15 is 0 Å². The number of carbonyl (C=O) groups is 1. The number of aryl methyl sites for hydroxylation is 2. The van der Waals surface area contributed by atoms with Gasteiger partial charge in [-0.2, -0.15) is 0 Å². The number of rotatable bonds is 3. The molecule has 6 heteroatoms. The van der Waals surface area contributed by atoms with Gasteiger partial charge in [0.2, 0.25) is 0 Å². The number of hydrogen-bond acceptors (Lipinski definition) is 5. The van der Waals surface area contributed by atoms with Gasteiger partial charge in [0.1, 0.15) is 11.4 Å². The maximum atomic E-state index is 11.5. The quantitative estimate of drug-likeness (QED) is 0.859. The van der Waals surface area contributed by atoms with Crippen LogP contribution in [0.2, 0.25) is 0 Å². The van der Waals surface area contributed by atoms with Crippen LogP contribution in [0, 0.1) is 13.8 Å². The summed E-state index contributed by atoms with van der Waals surface area (Å²) >= 11 is 0. The minimum atomic E-state index is -0.982. The summed E-state index contributed by atoms with van der Waals surface area (Å²) in [7, 11) is 0. The Morgan fingerprint density at radius 2 is 2.25 bits per heavy atom. The molecule has 20 heavy (non-hydrogen) atoms. The second-order valence-corrected chi connectivity index (χ2v) is 5.22. The van der Waals surface area contributed by atoms with Crippen LogP contribution >= 0.6 is 0 Å². The lowest BCUT2D eigenvalue weighted by atomic mass is 10.1. The Bertz CT molecular complexity index is 518. The summed E-state index contributed by atoms with van der Waals surface area (Å²) in [6.07, 6.45) is -0.310. The largest absolute Gasteiger partial charge is 0.478 e. The van der Waals surface area contributed by atoms with Crippen molar-refractivity contribution in [1.29, 1.82) is 0 Å². The minimum Gasteiger partial charge on any atom is -0.478 e. The molecule has 0 aromatic carbocycles. The first-order valence-electron chi connectivity index (χ1n) is 6.64. The average Bonchev–Trinajstić information content (AvgIpc) is 2.37. The van der Waals surface area contributed by atoms with E-state index in [2.05, 4.69) is 4.98 Å². The summed E-state index contributed by atoms with van der Waals surface area (Å²) in [6, 6.07) is 1.78. The van der Waals surface area contributed by atoms with Crippen LogP contribution in [0.15, 0.2) is 6.07 Å². The van der Waals surface area contributed by atoms with Crippen molar-refractivity contribution in [2.24, 2.45) is 0 Å². The molecule has 1 saturated heterocycles. The summed E-state index contributed by atoms with van der Waals surface area (Å²) in [5.41, 5.74) is 1.70. The molecule has 1 aliphatic heterocycles. The molecule has 1 fully saturated rings. The first-order valence-corrected chi connectivity index (χ1v) is 6.64. The molecule has 6 nitrogen and oxygen atoms in total. The van der Waals surface area contributed by atoms with E-state index in [9.17, 15) is 15.0 Å². The number of aliphatic hydroxyl groups excluding tert-OH is 1. The highest BCUT2D eigenvalue weighted by molar-refractivity contribution is 5.95. The van der Waals surface area contributed by atoms with Crippen LogP contribution in [0.5, 0.6) is 0 Å². The highest BCUT2D eigenvalue weighted by atomic mass is 16.5. The first kappa shape index (κ1) is 14.7. The molecule has 2 atom stereocenters. The normalized spacial score (nSPS) is 22.9. The molecule has 0 spiro atoms. The van der Waals surface area contributed by atoms with E-state index in [1.54, 1.807) is 13.0 Å². The van der Waals surface area contributed by atoms with Crippen molar-refractivity contribution in [3.05, 3.63) is 22.9 Å². The van der Waals surface area contributed by atoms with Gasteiger partial charge in [-0.05, 0) is 32.4 Å². The minimum absolute atomic E-state index is 0.0181. The van der Waals surface area contributed by atoms with Crippen LogP contribution in [-0.2, 0) is 4.74 Å². The molecule has 0 amide bonds. The molecular formula is C14H20N2O4. The molecule has 0 bridgehead atoms. The topological polar surface area (TPSA) is 82.9 Å². The van der Waals surface area contributed by atoms with Gasteiger partial charge in [0.25, 0.3) is 0 Å². The lowest BCUT2D eigenvalue weighted by molar-refractivity contribution is -0.0106. The summed E-state index contributed by atoms with van der Waals surface area (Å²) in [5, 5.41) is 18.7. The predicted molar refractivity (Wildman–Crippen MR) is 74.3 cm³/mol. The van der Waals surface area contributed by atoms with E-state index in [4.69, 9.17) is 4.74 Å². The van der Waals surface area contributed by atoms with Gasteiger partial charge < -0.3 is 19.8 Å². The lowest BCUT2D eigenvalue weighted by Crippen LogP contribution is -2.50. The Labute approximate surface area is 118 Å². The fraction of sp³-hybridized carbons (Fsp3) is 0.571. The summed E-state index contributed by atoms with van der Waals surface area (Å²) < 4.78 is 5.49. The Kier molecular flexibility index (Phi) is 4.25. The SMILES string of the molecule is Cc1cc(C)c(C(=O)O)c(N2CC(CO)OCC2C)n1. The van der Waals surface area contributed by atoms with Crippen LogP contribution in [0.3, 0.4) is 0 Å². The van der Waals surface area contributed by atoms with E-state index in [0.29, 0.717) is 24.5 Å². The Morgan fingerprint density at radius 1 is 1.55 bits per heavy atom. The molecule has 1 aromatic heterocycles. The Balaban J connectivity index is 2.47. The monoisotopic (exact) mass is 280 g/mol. The van der Waals surface area contributed by atoms with Gasteiger partial charge in [0.05, 0.1) is 25.4 Å². The molecule has 110 valence electrons. The number of anilines is 1. The zero-order valence-corrected chi connectivity index (χ0v) is 12.0. The third-order valence-corrected chi connectivity index (χ3v) is 3.52. The van der Waals surface area contributed by atoms with Crippen molar-refractivity contribution >= 4 is 11.8 Å². The van der Waals surface area contributed by atoms with Gasteiger partial charge in [0.15, 0.2) is 0 Å². The fourth-order valence-corrected chi connectivity index (χ4v) is 2.51. The molecule has 0 aliphatic carbocycles. The second kappa shape index (κ2) is 5.76. The van der Waals surface area contributed by atoms with E-state index < -0.39 is 5.97 Å². The number of hydrogen-bond donors (Lipinski definition) is 2. The number of aliphatic hydroxyl groups is 1. The summed E-state index contributed by atoms with van der Waals surface area (Å²) in [6.45, 7) is 6.37. The summed E-state index contributed by atoms with van der Waals surface area (Å²) in [5.74, 6) is -0.520. The van der Waals surface area contributed by atoms with Crippen LogP contribution in [0.1, 0.15) is 28.5 Å². The van der Waals surface area contributed by atoms with E-state index in [1.807, 2.05) is 18.7 Å². The number of ether oxygens (including phenoxy) is 1. The van der Waals surface area contributed by atoms with Crippen molar-refractivity contribution in [2.75, 3.05) is 24.7 Å². The molecule has 1 aliphatic rings. The molecule has 2 heterocycles. The zero-order chi connectivity index (χ0) is 14.9. The number of carboxylic acid groups (broad SMARTS) is 1. The Hall–Kier alpha value is -1.66. The number of aromatic nitrogens is 1.